The summed E-state index contributed by atoms with van der Waals surface area (Å²) < 4.78 is 29.0. The van der Waals surface area contributed by atoms with Crippen molar-refractivity contribution in [2.75, 3.05) is 34.6 Å². The zero-order valence-corrected chi connectivity index (χ0v) is 20.4. The van der Waals surface area contributed by atoms with Crippen molar-refractivity contribution >= 4 is 5.97 Å². The number of likely N-dealkylation sites (N-methyl/N-ethyl adjacent to an activating group) is 1. The highest BCUT2D eigenvalue weighted by Gasteiger charge is 2.65. The van der Waals surface area contributed by atoms with Gasteiger partial charge in [0.05, 0.1) is 13.5 Å². The second kappa shape index (κ2) is 8.57. The molecule has 0 radical (unpaired) electrons. The van der Waals surface area contributed by atoms with Crippen LogP contribution in [0.25, 0.3) is 0 Å². The van der Waals surface area contributed by atoms with Crippen LogP contribution < -0.4 is 14.2 Å². The number of carbonyl (C=O) groups excluding carboxylic acids is 1. The third-order valence-electron chi connectivity index (χ3n) is 8.22. The van der Waals surface area contributed by atoms with Crippen molar-refractivity contribution in [3.63, 3.8) is 0 Å². The van der Waals surface area contributed by atoms with Crippen LogP contribution in [0.1, 0.15) is 23.1 Å². The highest BCUT2D eigenvalue weighted by molar-refractivity contribution is 5.73. The summed E-state index contributed by atoms with van der Waals surface area (Å²) in [5, 5.41) is 0. The molecule has 2 bridgehead atoms. The number of ether oxygens (including phenoxy) is 5. The number of benzene rings is 2. The minimum absolute atomic E-state index is 0.153. The van der Waals surface area contributed by atoms with E-state index in [0.717, 1.165) is 36.4 Å². The molecule has 184 valence electrons. The van der Waals surface area contributed by atoms with Gasteiger partial charge in [-0.25, -0.2) is 0 Å². The maximum atomic E-state index is 13.0. The summed E-state index contributed by atoms with van der Waals surface area (Å²) in [6.07, 6.45) is 5.68. The number of hydrogen-bond acceptors (Lipinski definition) is 7. The molecule has 2 heterocycles. The molecule has 0 aromatic heterocycles. The van der Waals surface area contributed by atoms with Crippen LogP contribution in [0, 0.1) is 5.92 Å². The maximum Gasteiger partial charge on any atom is 0.310 e. The Kier molecular flexibility index (Phi) is 5.49. The van der Waals surface area contributed by atoms with Gasteiger partial charge in [0.1, 0.15) is 11.9 Å². The number of nitrogens with zero attached hydrogens (tertiary/aromatic N) is 1. The molecule has 5 atom stereocenters. The van der Waals surface area contributed by atoms with Gasteiger partial charge in [0.2, 0.25) is 0 Å². The summed E-state index contributed by atoms with van der Waals surface area (Å²) in [6.45, 7) is 1.13. The molecule has 2 aromatic carbocycles. The molecule has 1 spiro atoms. The van der Waals surface area contributed by atoms with Crippen molar-refractivity contribution in [1.82, 2.24) is 4.90 Å². The first-order valence-electron chi connectivity index (χ1n) is 12.2. The second-order valence-electron chi connectivity index (χ2n) is 9.95. The van der Waals surface area contributed by atoms with Crippen LogP contribution in [0.3, 0.4) is 0 Å². The Morgan fingerprint density at radius 3 is 2.74 bits per heavy atom. The summed E-state index contributed by atoms with van der Waals surface area (Å²) in [7, 11) is 5.44. The molecule has 6 rings (SSSR count). The molecule has 1 fully saturated rings. The van der Waals surface area contributed by atoms with E-state index in [-0.39, 0.29) is 30.7 Å². The average molecular weight is 478 g/mol. The van der Waals surface area contributed by atoms with E-state index in [1.54, 1.807) is 14.2 Å². The predicted octanol–water partition coefficient (Wildman–Crippen LogP) is 3.28. The van der Waals surface area contributed by atoms with Gasteiger partial charge in [0.15, 0.2) is 24.4 Å². The Labute approximate surface area is 205 Å². The first-order chi connectivity index (χ1) is 17.0. The Morgan fingerprint density at radius 1 is 1.14 bits per heavy atom. The van der Waals surface area contributed by atoms with Gasteiger partial charge in [-0.1, -0.05) is 24.3 Å². The lowest BCUT2D eigenvalue weighted by Crippen LogP contribution is -2.65. The lowest BCUT2D eigenvalue weighted by molar-refractivity contribution is -0.154. The molecule has 35 heavy (non-hydrogen) atoms. The molecular weight excluding hydrogens is 446 g/mol. The van der Waals surface area contributed by atoms with Crippen molar-refractivity contribution in [1.29, 1.82) is 0 Å². The number of likely N-dealkylation sites (tertiary alicyclic amines) is 1. The Balaban J connectivity index is 1.32. The molecule has 7 nitrogen and oxygen atoms in total. The molecule has 0 unspecified atom stereocenters. The largest absolute Gasteiger partial charge is 0.497 e. The van der Waals surface area contributed by atoms with Crippen molar-refractivity contribution in [3.8, 4) is 17.2 Å². The number of hydrogen-bond donors (Lipinski definition) is 0. The molecule has 2 aliphatic heterocycles. The predicted molar refractivity (Wildman–Crippen MR) is 129 cm³/mol. The van der Waals surface area contributed by atoms with Gasteiger partial charge in [0.25, 0.3) is 0 Å². The van der Waals surface area contributed by atoms with Crippen LogP contribution in [0.15, 0.2) is 48.6 Å². The van der Waals surface area contributed by atoms with E-state index in [2.05, 4.69) is 24.1 Å². The van der Waals surface area contributed by atoms with Crippen LogP contribution in [-0.2, 0) is 32.5 Å². The van der Waals surface area contributed by atoms with Gasteiger partial charge >= 0.3 is 5.97 Å². The third-order valence-corrected chi connectivity index (χ3v) is 8.22. The van der Waals surface area contributed by atoms with Gasteiger partial charge < -0.3 is 28.6 Å². The van der Waals surface area contributed by atoms with E-state index in [1.165, 1.54) is 11.1 Å². The van der Waals surface area contributed by atoms with Gasteiger partial charge in [-0.3, -0.25) is 4.79 Å². The number of piperidine rings is 1. The van der Waals surface area contributed by atoms with Gasteiger partial charge in [-0.15, -0.1) is 0 Å². The van der Waals surface area contributed by atoms with Crippen molar-refractivity contribution in [3.05, 3.63) is 65.2 Å². The van der Waals surface area contributed by atoms with Crippen LogP contribution in [-0.4, -0.2) is 63.7 Å². The van der Waals surface area contributed by atoms with Crippen LogP contribution >= 0.6 is 0 Å². The fraction of sp³-hybridized carbons (Fsp3) is 0.464. The summed E-state index contributed by atoms with van der Waals surface area (Å²) in [4.78, 5) is 15.5. The molecule has 4 aliphatic rings. The van der Waals surface area contributed by atoms with Crippen LogP contribution in [0.2, 0.25) is 0 Å². The van der Waals surface area contributed by atoms with Crippen LogP contribution in [0.4, 0.5) is 0 Å². The average Bonchev–Trinajstić information content (AvgIpc) is 3.22. The van der Waals surface area contributed by atoms with E-state index in [0.29, 0.717) is 17.7 Å². The first kappa shape index (κ1) is 22.4. The normalized spacial score (nSPS) is 29.8. The second-order valence-corrected chi connectivity index (χ2v) is 9.95. The monoisotopic (exact) mass is 477 g/mol. The minimum Gasteiger partial charge on any atom is -0.497 e. The highest BCUT2D eigenvalue weighted by atomic mass is 16.7. The van der Waals surface area contributed by atoms with E-state index in [1.807, 2.05) is 36.4 Å². The minimum atomic E-state index is -0.463. The number of methoxy groups -OCH3 is 2. The lowest BCUT2D eigenvalue weighted by Gasteiger charge is -2.56. The van der Waals surface area contributed by atoms with Gasteiger partial charge in [-0.2, -0.15) is 0 Å². The van der Waals surface area contributed by atoms with E-state index >= 15 is 0 Å². The Hall–Kier alpha value is -3.03. The molecule has 0 amide bonds. The fourth-order valence-electron chi connectivity index (χ4n) is 6.65. The number of rotatable bonds is 7. The third kappa shape index (κ3) is 3.44. The Morgan fingerprint density at radius 2 is 1.97 bits per heavy atom. The number of carbonyl (C=O) groups is 1. The summed E-state index contributed by atoms with van der Waals surface area (Å²) in [5.41, 5.74) is 3.20. The molecule has 0 saturated carbocycles. The molecule has 0 N–H and O–H groups in total. The van der Waals surface area contributed by atoms with Gasteiger partial charge in [0, 0.05) is 30.0 Å². The van der Waals surface area contributed by atoms with Crippen molar-refractivity contribution in [2.45, 2.75) is 42.9 Å². The van der Waals surface area contributed by atoms with E-state index < -0.39 is 6.10 Å². The zero-order chi connectivity index (χ0) is 24.2. The van der Waals surface area contributed by atoms with E-state index in [9.17, 15) is 4.79 Å². The van der Waals surface area contributed by atoms with Crippen molar-refractivity contribution < 1.29 is 28.5 Å². The zero-order valence-electron chi connectivity index (χ0n) is 20.4. The molecule has 1 saturated heterocycles. The number of esters is 1. The Bertz CT molecular complexity index is 1160. The first-order valence-corrected chi connectivity index (χ1v) is 12.2. The highest BCUT2D eigenvalue weighted by Crippen LogP contribution is 2.62. The maximum absolute atomic E-state index is 13.0. The lowest BCUT2D eigenvalue weighted by atomic mass is 9.53. The topological polar surface area (TPSA) is 66.5 Å². The summed E-state index contributed by atoms with van der Waals surface area (Å²) in [5.74, 6) is 2.27. The van der Waals surface area contributed by atoms with Gasteiger partial charge in [-0.05, 0) is 61.8 Å². The van der Waals surface area contributed by atoms with Crippen molar-refractivity contribution in [2.24, 2.45) is 5.92 Å². The standard InChI is InChI=1S/C28H31NO6/c1-29-13-12-28-20-9-11-23(34-24(30)14-17-4-7-19(32-3)8-5-17)27(28)35-26-22(33-16-31-2)10-6-18(25(26)28)15-21(20)29/h4-11,20-21,23,27H,12-16H2,1-3H3/t20-,21+,23-,27-,28-/m0/s1. The SMILES string of the molecule is COCOc1ccc2c3c1O[C@H]1[C@@H](OC(=O)Cc4ccc(OC)cc4)C=C[C@H]4[C@@H](C2)N(C)CC[C@@]341. The summed E-state index contributed by atoms with van der Waals surface area (Å²) in [6, 6.07) is 12.0. The molecular formula is C28H31NO6. The van der Waals surface area contributed by atoms with E-state index in [4.69, 9.17) is 23.7 Å². The quantitative estimate of drug-likeness (QED) is 0.345. The fourth-order valence-corrected chi connectivity index (χ4v) is 6.65. The molecule has 7 heteroatoms. The molecule has 2 aliphatic carbocycles. The summed E-state index contributed by atoms with van der Waals surface area (Å²) >= 11 is 0. The van der Waals surface area contributed by atoms with Crippen LogP contribution in [0.5, 0.6) is 17.2 Å². The molecule has 2 aromatic rings. The smallest absolute Gasteiger partial charge is 0.310 e.